The minimum atomic E-state index is 0.394. The van der Waals surface area contributed by atoms with Crippen molar-refractivity contribution in [2.24, 2.45) is 0 Å². The summed E-state index contributed by atoms with van der Waals surface area (Å²) >= 11 is 0. The first-order chi connectivity index (χ1) is 14.5. The Morgan fingerprint density at radius 1 is 0.833 bits per heavy atom. The average Bonchev–Trinajstić information content (AvgIpc) is 3.11. The Labute approximate surface area is 178 Å². The van der Waals surface area contributed by atoms with Crippen LogP contribution in [-0.4, -0.2) is 16.7 Å². The fourth-order valence-corrected chi connectivity index (χ4v) is 3.94. The smallest absolute Gasteiger partial charge is 0.148 e. The van der Waals surface area contributed by atoms with E-state index in [1.54, 1.807) is 7.11 Å². The normalized spacial score (nSPS) is 11.1. The van der Waals surface area contributed by atoms with Crippen LogP contribution >= 0.6 is 0 Å². The third-order valence-corrected chi connectivity index (χ3v) is 5.98. The number of aromatic nitrogens is 2. The largest absolute Gasteiger partial charge is 0.497 e. The number of para-hydroxylation sites is 2. The first-order valence-electron chi connectivity index (χ1n) is 10.2. The van der Waals surface area contributed by atoms with Crippen LogP contribution in [0.15, 0.2) is 54.6 Å². The van der Waals surface area contributed by atoms with Crippen LogP contribution in [0.1, 0.15) is 33.6 Å². The lowest BCUT2D eigenvalue weighted by Crippen LogP contribution is -2.11. The van der Waals surface area contributed by atoms with E-state index in [4.69, 9.17) is 14.5 Å². The van der Waals surface area contributed by atoms with Gasteiger partial charge in [0.25, 0.3) is 0 Å². The molecule has 0 amide bonds. The van der Waals surface area contributed by atoms with E-state index in [-0.39, 0.29) is 0 Å². The summed E-state index contributed by atoms with van der Waals surface area (Å²) in [6.45, 7) is 9.96. The van der Waals surface area contributed by atoms with Crippen molar-refractivity contribution in [3.8, 4) is 11.5 Å². The van der Waals surface area contributed by atoms with E-state index in [0.717, 1.165) is 34.9 Å². The monoisotopic (exact) mass is 400 g/mol. The zero-order chi connectivity index (χ0) is 21.3. The van der Waals surface area contributed by atoms with Crippen LogP contribution in [0.25, 0.3) is 11.0 Å². The van der Waals surface area contributed by atoms with E-state index in [9.17, 15) is 0 Å². The summed E-state index contributed by atoms with van der Waals surface area (Å²) in [7, 11) is 1.66. The Bertz CT molecular complexity index is 1180. The van der Waals surface area contributed by atoms with Crippen LogP contribution in [0.5, 0.6) is 11.5 Å². The zero-order valence-electron chi connectivity index (χ0n) is 18.3. The van der Waals surface area contributed by atoms with Gasteiger partial charge in [0.05, 0.1) is 24.7 Å². The molecule has 4 nitrogen and oxygen atoms in total. The van der Waals surface area contributed by atoms with Gasteiger partial charge in [-0.3, -0.25) is 0 Å². The Kier molecular flexibility index (Phi) is 5.49. The van der Waals surface area contributed by atoms with Gasteiger partial charge in [0, 0.05) is 6.07 Å². The molecular formula is C26H28N2O2. The molecule has 4 heteroatoms. The SMILES string of the molecule is COc1cccc(OCc2nc3ccccc3n2Cc2c(C)c(C)cc(C)c2C)c1. The van der Waals surface area contributed by atoms with E-state index in [1.165, 1.54) is 27.8 Å². The molecule has 0 N–H and O–H groups in total. The summed E-state index contributed by atoms with van der Waals surface area (Å²) in [6.07, 6.45) is 0. The van der Waals surface area contributed by atoms with Crippen LogP contribution < -0.4 is 9.47 Å². The second-order valence-electron chi connectivity index (χ2n) is 7.81. The standard InChI is InChI=1S/C26H28N2O2/c1-17-13-18(2)20(4)23(19(17)3)15-28-25-12-7-6-11-24(25)27-26(28)16-30-22-10-8-9-21(14-22)29-5/h6-14H,15-16H2,1-5H3. The fraction of sp³-hybridized carbons (Fsp3) is 0.269. The number of nitrogens with zero attached hydrogens (tertiary/aromatic N) is 2. The predicted molar refractivity (Wildman–Crippen MR) is 122 cm³/mol. The second-order valence-corrected chi connectivity index (χ2v) is 7.81. The molecule has 0 saturated carbocycles. The van der Waals surface area contributed by atoms with Crippen molar-refractivity contribution in [1.82, 2.24) is 9.55 Å². The number of fused-ring (bicyclic) bond motifs is 1. The molecule has 0 aliphatic heterocycles. The third kappa shape index (κ3) is 3.78. The van der Waals surface area contributed by atoms with Gasteiger partial charge in [0.2, 0.25) is 0 Å². The summed E-state index contributed by atoms with van der Waals surface area (Å²) in [5.74, 6) is 2.46. The lowest BCUT2D eigenvalue weighted by Gasteiger charge is -2.18. The molecule has 0 aliphatic carbocycles. The Morgan fingerprint density at radius 3 is 2.27 bits per heavy atom. The highest BCUT2D eigenvalue weighted by Gasteiger charge is 2.15. The van der Waals surface area contributed by atoms with Gasteiger partial charge in [0.1, 0.15) is 23.9 Å². The predicted octanol–water partition coefficient (Wildman–Crippen LogP) is 5.91. The van der Waals surface area contributed by atoms with Crippen molar-refractivity contribution >= 4 is 11.0 Å². The first kappa shape index (κ1) is 20.0. The van der Waals surface area contributed by atoms with Crippen molar-refractivity contribution in [2.45, 2.75) is 40.8 Å². The maximum Gasteiger partial charge on any atom is 0.148 e. The average molecular weight is 401 g/mol. The van der Waals surface area contributed by atoms with Gasteiger partial charge in [-0.2, -0.15) is 0 Å². The van der Waals surface area contributed by atoms with Gasteiger partial charge < -0.3 is 14.0 Å². The fourth-order valence-electron chi connectivity index (χ4n) is 3.94. The minimum absolute atomic E-state index is 0.394. The van der Waals surface area contributed by atoms with E-state index < -0.39 is 0 Å². The topological polar surface area (TPSA) is 36.3 Å². The van der Waals surface area contributed by atoms with Gasteiger partial charge >= 0.3 is 0 Å². The van der Waals surface area contributed by atoms with E-state index in [1.807, 2.05) is 30.3 Å². The van der Waals surface area contributed by atoms with Gasteiger partial charge in [-0.1, -0.05) is 24.3 Å². The van der Waals surface area contributed by atoms with Crippen LogP contribution in [0.3, 0.4) is 0 Å². The molecule has 0 bridgehead atoms. The lowest BCUT2D eigenvalue weighted by atomic mass is 9.94. The lowest BCUT2D eigenvalue weighted by molar-refractivity contribution is 0.289. The summed E-state index contributed by atoms with van der Waals surface area (Å²) in [6, 6.07) is 18.2. The number of ether oxygens (including phenoxy) is 2. The summed E-state index contributed by atoms with van der Waals surface area (Å²) in [4.78, 5) is 4.88. The molecule has 3 aromatic carbocycles. The number of benzene rings is 3. The number of imidazole rings is 1. The Balaban J connectivity index is 1.73. The molecule has 154 valence electrons. The van der Waals surface area contributed by atoms with Gasteiger partial charge in [0.15, 0.2) is 0 Å². The molecule has 0 radical (unpaired) electrons. The molecule has 4 rings (SSSR count). The Hall–Kier alpha value is -3.27. The molecule has 1 heterocycles. The van der Waals surface area contributed by atoms with Gasteiger partial charge in [-0.15, -0.1) is 0 Å². The summed E-state index contributed by atoms with van der Waals surface area (Å²) < 4.78 is 13.7. The number of hydrogen-bond donors (Lipinski definition) is 0. The number of methoxy groups -OCH3 is 1. The highest BCUT2D eigenvalue weighted by molar-refractivity contribution is 5.76. The van der Waals surface area contributed by atoms with Crippen molar-refractivity contribution < 1.29 is 9.47 Å². The molecular weight excluding hydrogens is 372 g/mol. The highest BCUT2D eigenvalue weighted by atomic mass is 16.5. The van der Waals surface area contributed by atoms with E-state index in [0.29, 0.717) is 6.61 Å². The molecule has 0 spiro atoms. The molecule has 0 atom stereocenters. The Morgan fingerprint density at radius 2 is 1.53 bits per heavy atom. The highest BCUT2D eigenvalue weighted by Crippen LogP contribution is 2.26. The third-order valence-electron chi connectivity index (χ3n) is 5.98. The molecule has 0 fully saturated rings. The maximum absolute atomic E-state index is 6.09. The molecule has 1 aromatic heterocycles. The van der Waals surface area contributed by atoms with E-state index >= 15 is 0 Å². The van der Waals surface area contributed by atoms with Crippen molar-refractivity contribution in [1.29, 1.82) is 0 Å². The maximum atomic E-state index is 6.09. The van der Waals surface area contributed by atoms with Crippen molar-refractivity contribution in [3.63, 3.8) is 0 Å². The van der Waals surface area contributed by atoms with Crippen LogP contribution in [0, 0.1) is 27.7 Å². The van der Waals surface area contributed by atoms with Crippen LogP contribution in [-0.2, 0) is 13.2 Å². The quantitative estimate of drug-likeness (QED) is 0.404. The van der Waals surface area contributed by atoms with Crippen LogP contribution in [0.4, 0.5) is 0 Å². The van der Waals surface area contributed by atoms with Crippen LogP contribution in [0.2, 0.25) is 0 Å². The summed E-state index contributed by atoms with van der Waals surface area (Å²) in [5, 5.41) is 0. The number of rotatable bonds is 6. The van der Waals surface area contributed by atoms with E-state index in [2.05, 4.69) is 56.5 Å². The second kappa shape index (κ2) is 8.23. The molecule has 0 aliphatic rings. The first-order valence-corrected chi connectivity index (χ1v) is 10.2. The summed E-state index contributed by atoms with van der Waals surface area (Å²) in [5.41, 5.74) is 8.81. The molecule has 0 saturated heterocycles. The number of aryl methyl sites for hydroxylation is 2. The van der Waals surface area contributed by atoms with Crippen molar-refractivity contribution in [2.75, 3.05) is 7.11 Å². The van der Waals surface area contributed by atoms with Gasteiger partial charge in [-0.25, -0.2) is 4.98 Å². The minimum Gasteiger partial charge on any atom is -0.497 e. The molecule has 4 aromatic rings. The van der Waals surface area contributed by atoms with Crippen molar-refractivity contribution in [3.05, 3.63) is 88.2 Å². The molecule has 30 heavy (non-hydrogen) atoms. The van der Waals surface area contributed by atoms with Gasteiger partial charge in [-0.05, 0) is 79.8 Å². The zero-order valence-corrected chi connectivity index (χ0v) is 18.3. The number of hydrogen-bond acceptors (Lipinski definition) is 3. The molecule has 0 unspecified atom stereocenters.